The van der Waals surface area contributed by atoms with E-state index in [4.69, 9.17) is 4.74 Å². The van der Waals surface area contributed by atoms with E-state index in [0.29, 0.717) is 17.2 Å². The number of benzene rings is 2. The maximum Gasteiger partial charge on any atom is 0.251 e. The molecule has 1 fully saturated rings. The van der Waals surface area contributed by atoms with Gasteiger partial charge in [-0.25, -0.2) is 0 Å². The van der Waals surface area contributed by atoms with Crippen molar-refractivity contribution in [2.45, 2.75) is 6.42 Å². The van der Waals surface area contributed by atoms with Gasteiger partial charge in [-0.15, -0.1) is 0 Å². The molecule has 4 heteroatoms. The van der Waals surface area contributed by atoms with Gasteiger partial charge in [-0.05, 0) is 56.3 Å². The first-order valence-corrected chi connectivity index (χ1v) is 8.00. The van der Waals surface area contributed by atoms with Crippen LogP contribution in [0.25, 0.3) is 0 Å². The molecule has 1 heterocycles. The van der Waals surface area contributed by atoms with Gasteiger partial charge in [0.2, 0.25) is 0 Å². The van der Waals surface area contributed by atoms with Crippen molar-refractivity contribution in [1.29, 1.82) is 0 Å². The van der Waals surface area contributed by atoms with Crippen LogP contribution in [0.4, 0.5) is 0 Å². The maximum absolute atomic E-state index is 12.3. The summed E-state index contributed by atoms with van der Waals surface area (Å²) in [6, 6.07) is 16.9. The summed E-state index contributed by atoms with van der Waals surface area (Å²) in [4.78, 5) is 14.6. The molecule has 120 valence electrons. The van der Waals surface area contributed by atoms with Gasteiger partial charge in [-0.1, -0.05) is 24.3 Å². The molecule has 2 aromatic rings. The van der Waals surface area contributed by atoms with Crippen molar-refractivity contribution in [3.05, 3.63) is 60.2 Å². The van der Waals surface area contributed by atoms with Crippen LogP contribution in [-0.4, -0.2) is 37.5 Å². The molecule has 23 heavy (non-hydrogen) atoms. The molecule has 1 saturated heterocycles. The second-order valence-corrected chi connectivity index (χ2v) is 6.07. The molecule has 4 nitrogen and oxygen atoms in total. The van der Waals surface area contributed by atoms with Crippen molar-refractivity contribution in [3.8, 4) is 11.5 Å². The van der Waals surface area contributed by atoms with Gasteiger partial charge in [0.25, 0.3) is 5.91 Å². The molecule has 1 aliphatic heterocycles. The fourth-order valence-electron chi connectivity index (χ4n) is 2.86. The first kappa shape index (κ1) is 15.6. The van der Waals surface area contributed by atoms with Gasteiger partial charge < -0.3 is 15.0 Å². The molecule has 0 aromatic heterocycles. The molecule has 1 atom stereocenters. The molecule has 0 saturated carbocycles. The Balaban J connectivity index is 1.59. The highest BCUT2D eigenvalue weighted by Gasteiger charge is 2.20. The maximum atomic E-state index is 12.3. The van der Waals surface area contributed by atoms with Crippen LogP contribution in [0.1, 0.15) is 16.8 Å². The zero-order valence-electron chi connectivity index (χ0n) is 13.4. The standard InChI is InChI=1S/C19H22N2O2/c1-21-11-10-15(14-21)13-20-19(22)16-6-5-9-18(12-16)23-17-7-3-2-4-8-17/h2-9,12,15H,10-11,13-14H2,1H3,(H,20,22)/t15-/m0/s1. The summed E-state index contributed by atoms with van der Waals surface area (Å²) < 4.78 is 5.77. The fourth-order valence-corrected chi connectivity index (χ4v) is 2.86. The Bertz CT molecular complexity index is 657. The molecule has 3 rings (SSSR count). The summed E-state index contributed by atoms with van der Waals surface area (Å²) in [6.45, 7) is 2.89. The van der Waals surface area contributed by atoms with Gasteiger partial charge >= 0.3 is 0 Å². The molecule has 0 unspecified atom stereocenters. The Morgan fingerprint density at radius 1 is 1.17 bits per heavy atom. The summed E-state index contributed by atoms with van der Waals surface area (Å²) in [5.74, 6) is 1.94. The van der Waals surface area contributed by atoms with Crippen LogP contribution in [0.3, 0.4) is 0 Å². The highest BCUT2D eigenvalue weighted by atomic mass is 16.5. The summed E-state index contributed by atoms with van der Waals surface area (Å²) in [6.07, 6.45) is 1.15. The van der Waals surface area contributed by atoms with Crippen molar-refractivity contribution < 1.29 is 9.53 Å². The number of para-hydroxylation sites is 1. The number of rotatable bonds is 5. The van der Waals surface area contributed by atoms with Gasteiger partial charge in [0.15, 0.2) is 0 Å². The summed E-state index contributed by atoms with van der Waals surface area (Å²) in [7, 11) is 2.12. The third-order valence-corrected chi connectivity index (χ3v) is 4.12. The Hall–Kier alpha value is -2.33. The molecule has 2 aromatic carbocycles. The first-order chi connectivity index (χ1) is 11.2. The third kappa shape index (κ3) is 4.33. The van der Waals surface area contributed by atoms with Crippen LogP contribution in [0, 0.1) is 5.92 Å². The predicted octanol–water partition coefficient (Wildman–Crippen LogP) is 3.16. The molecule has 1 aliphatic rings. The molecule has 0 spiro atoms. The first-order valence-electron chi connectivity index (χ1n) is 8.00. The van der Waals surface area contributed by atoms with Crippen LogP contribution in [0.2, 0.25) is 0 Å². The summed E-state index contributed by atoms with van der Waals surface area (Å²) in [5.41, 5.74) is 0.629. The van der Waals surface area contributed by atoms with Crippen molar-refractivity contribution in [2.75, 3.05) is 26.7 Å². The minimum Gasteiger partial charge on any atom is -0.457 e. The van der Waals surface area contributed by atoms with E-state index in [1.165, 1.54) is 0 Å². The fraction of sp³-hybridized carbons (Fsp3) is 0.316. The van der Waals surface area contributed by atoms with Crippen LogP contribution in [0.5, 0.6) is 11.5 Å². The number of nitrogens with one attached hydrogen (secondary N) is 1. The Morgan fingerprint density at radius 2 is 1.96 bits per heavy atom. The Kier molecular flexibility index (Phi) is 4.93. The van der Waals surface area contributed by atoms with E-state index in [-0.39, 0.29) is 5.91 Å². The molecular formula is C19H22N2O2. The van der Waals surface area contributed by atoms with Crippen molar-refractivity contribution in [3.63, 3.8) is 0 Å². The zero-order chi connectivity index (χ0) is 16.1. The number of carbonyl (C=O) groups is 1. The number of carbonyl (C=O) groups excluding carboxylic acids is 1. The van der Waals surface area contributed by atoms with E-state index < -0.39 is 0 Å². The normalized spacial score (nSPS) is 17.9. The summed E-state index contributed by atoms with van der Waals surface area (Å²) >= 11 is 0. The highest BCUT2D eigenvalue weighted by molar-refractivity contribution is 5.94. The van der Waals surface area contributed by atoms with Crippen LogP contribution in [-0.2, 0) is 0 Å². The lowest BCUT2D eigenvalue weighted by Crippen LogP contribution is -2.30. The third-order valence-electron chi connectivity index (χ3n) is 4.12. The second-order valence-electron chi connectivity index (χ2n) is 6.07. The average molecular weight is 310 g/mol. The molecule has 1 N–H and O–H groups in total. The van der Waals surface area contributed by atoms with Crippen molar-refractivity contribution >= 4 is 5.91 Å². The van der Waals surface area contributed by atoms with E-state index in [2.05, 4.69) is 17.3 Å². The minimum absolute atomic E-state index is 0.0435. The Labute approximate surface area is 137 Å². The molecule has 0 bridgehead atoms. The number of ether oxygens (including phenoxy) is 1. The Morgan fingerprint density at radius 3 is 2.70 bits per heavy atom. The lowest BCUT2D eigenvalue weighted by atomic mass is 10.1. The van der Waals surface area contributed by atoms with E-state index in [0.717, 1.165) is 31.8 Å². The van der Waals surface area contributed by atoms with E-state index in [1.807, 2.05) is 48.5 Å². The smallest absolute Gasteiger partial charge is 0.251 e. The van der Waals surface area contributed by atoms with Crippen LogP contribution in [0.15, 0.2) is 54.6 Å². The number of hydrogen-bond donors (Lipinski definition) is 1. The largest absolute Gasteiger partial charge is 0.457 e. The number of nitrogens with zero attached hydrogens (tertiary/aromatic N) is 1. The van der Waals surface area contributed by atoms with Gasteiger partial charge in [0, 0.05) is 18.7 Å². The van der Waals surface area contributed by atoms with Crippen LogP contribution >= 0.6 is 0 Å². The van der Waals surface area contributed by atoms with Crippen LogP contribution < -0.4 is 10.1 Å². The number of hydrogen-bond acceptors (Lipinski definition) is 3. The predicted molar refractivity (Wildman–Crippen MR) is 90.9 cm³/mol. The lowest BCUT2D eigenvalue weighted by molar-refractivity contribution is 0.0947. The molecule has 0 aliphatic carbocycles. The topological polar surface area (TPSA) is 41.6 Å². The quantitative estimate of drug-likeness (QED) is 0.922. The molecular weight excluding hydrogens is 288 g/mol. The number of likely N-dealkylation sites (tertiary alicyclic amines) is 1. The highest BCUT2D eigenvalue weighted by Crippen LogP contribution is 2.22. The molecule has 0 radical (unpaired) electrons. The van der Waals surface area contributed by atoms with E-state index in [9.17, 15) is 4.79 Å². The van der Waals surface area contributed by atoms with Gasteiger partial charge in [0.05, 0.1) is 0 Å². The average Bonchev–Trinajstić information content (AvgIpc) is 2.99. The van der Waals surface area contributed by atoms with Gasteiger partial charge in [0.1, 0.15) is 11.5 Å². The number of amides is 1. The minimum atomic E-state index is -0.0435. The zero-order valence-corrected chi connectivity index (χ0v) is 13.4. The van der Waals surface area contributed by atoms with Gasteiger partial charge in [-0.2, -0.15) is 0 Å². The monoisotopic (exact) mass is 310 g/mol. The van der Waals surface area contributed by atoms with E-state index >= 15 is 0 Å². The lowest BCUT2D eigenvalue weighted by Gasteiger charge is -2.12. The SMILES string of the molecule is CN1CC[C@@H](CNC(=O)c2cccc(Oc3ccccc3)c2)C1. The second kappa shape index (κ2) is 7.29. The van der Waals surface area contributed by atoms with E-state index in [1.54, 1.807) is 6.07 Å². The molecule has 1 amide bonds. The summed E-state index contributed by atoms with van der Waals surface area (Å²) in [5, 5.41) is 3.03. The van der Waals surface area contributed by atoms with Crippen molar-refractivity contribution in [2.24, 2.45) is 5.92 Å². The van der Waals surface area contributed by atoms with Gasteiger partial charge in [-0.3, -0.25) is 4.79 Å². The van der Waals surface area contributed by atoms with Crippen molar-refractivity contribution in [1.82, 2.24) is 10.2 Å².